The van der Waals surface area contributed by atoms with Crippen molar-refractivity contribution in [3.05, 3.63) is 17.5 Å². The quantitative estimate of drug-likeness (QED) is 0.826. The molecule has 0 aliphatic heterocycles. The normalized spacial score (nSPS) is 11.7. The number of hydrogen-bond acceptors (Lipinski definition) is 4. The van der Waals surface area contributed by atoms with Gasteiger partial charge < -0.3 is 14.9 Å². The number of carbonyl (C=O) groups is 1. The second kappa shape index (κ2) is 4.63. The molecular formula is C8H4F5NO4. The monoisotopic (exact) mass is 273 g/mol. The highest BCUT2D eigenvalue weighted by atomic mass is 19.4. The molecule has 0 aliphatic carbocycles. The first-order valence-electron chi connectivity index (χ1n) is 4.13. The molecule has 0 unspecified atom stereocenters. The number of pyridine rings is 1. The highest BCUT2D eigenvalue weighted by Gasteiger charge is 2.34. The molecule has 2 N–H and O–H groups in total. The zero-order chi connectivity index (χ0) is 14.1. The Morgan fingerprint density at radius 2 is 1.94 bits per heavy atom. The Bertz CT molecular complexity index is 473. The molecule has 0 bridgehead atoms. The van der Waals surface area contributed by atoms with Crippen LogP contribution in [0.5, 0.6) is 11.5 Å². The number of halogens is 5. The Kier molecular flexibility index (Phi) is 3.58. The second-order valence-electron chi connectivity index (χ2n) is 2.89. The minimum Gasteiger partial charge on any atom is -0.503 e. The van der Waals surface area contributed by atoms with Gasteiger partial charge in [-0.2, -0.15) is 0 Å². The molecule has 100 valence electrons. The molecule has 5 nitrogen and oxygen atoms in total. The molecule has 0 radical (unpaired) electrons. The fraction of sp³-hybridized carbons (Fsp3) is 0.250. The summed E-state index contributed by atoms with van der Waals surface area (Å²) >= 11 is 0. The van der Waals surface area contributed by atoms with Crippen LogP contribution in [0.4, 0.5) is 22.0 Å². The first kappa shape index (κ1) is 13.9. The molecule has 0 amide bonds. The number of aromatic hydroxyl groups is 1. The number of carboxylic acid groups (broad SMARTS) is 1. The molecule has 1 rings (SSSR count). The van der Waals surface area contributed by atoms with Crippen LogP contribution < -0.4 is 4.74 Å². The minimum atomic E-state index is -5.27. The van der Waals surface area contributed by atoms with Crippen molar-refractivity contribution in [2.45, 2.75) is 12.8 Å². The van der Waals surface area contributed by atoms with E-state index < -0.39 is 41.6 Å². The third kappa shape index (κ3) is 3.18. The zero-order valence-electron chi connectivity index (χ0n) is 8.20. The summed E-state index contributed by atoms with van der Waals surface area (Å²) in [6, 6.07) is 0.192. The van der Waals surface area contributed by atoms with E-state index in [1.54, 1.807) is 0 Å². The molecule has 0 atom stereocenters. The van der Waals surface area contributed by atoms with Gasteiger partial charge in [-0.1, -0.05) is 0 Å². The number of nitrogens with zero attached hydrogens (tertiary/aromatic N) is 1. The van der Waals surface area contributed by atoms with Gasteiger partial charge in [0.15, 0.2) is 22.9 Å². The first-order chi connectivity index (χ1) is 8.11. The second-order valence-corrected chi connectivity index (χ2v) is 2.89. The summed E-state index contributed by atoms with van der Waals surface area (Å²) < 4.78 is 63.6. The van der Waals surface area contributed by atoms with Crippen LogP contribution in [0.2, 0.25) is 0 Å². The van der Waals surface area contributed by atoms with E-state index in [1.807, 2.05) is 0 Å². The molecular weight excluding hydrogens is 269 g/mol. The predicted molar refractivity (Wildman–Crippen MR) is 44.5 cm³/mol. The van der Waals surface area contributed by atoms with Gasteiger partial charge in [-0.15, -0.1) is 13.2 Å². The van der Waals surface area contributed by atoms with Crippen LogP contribution in [0.1, 0.15) is 22.6 Å². The van der Waals surface area contributed by atoms with Crippen LogP contribution in [0.25, 0.3) is 0 Å². The zero-order valence-corrected chi connectivity index (χ0v) is 8.20. The van der Waals surface area contributed by atoms with Crippen molar-refractivity contribution in [3.8, 4) is 11.5 Å². The van der Waals surface area contributed by atoms with Gasteiger partial charge in [0.05, 0.1) is 0 Å². The highest BCUT2D eigenvalue weighted by Crippen LogP contribution is 2.37. The molecule has 0 fully saturated rings. The van der Waals surface area contributed by atoms with Crippen molar-refractivity contribution >= 4 is 5.97 Å². The van der Waals surface area contributed by atoms with Gasteiger partial charge in [-0.05, 0) is 0 Å². The van der Waals surface area contributed by atoms with Crippen LogP contribution >= 0.6 is 0 Å². The van der Waals surface area contributed by atoms with Gasteiger partial charge in [0.1, 0.15) is 0 Å². The summed E-state index contributed by atoms with van der Waals surface area (Å²) in [7, 11) is 0. The number of ether oxygens (including phenoxy) is 1. The summed E-state index contributed by atoms with van der Waals surface area (Å²) in [5.41, 5.74) is -2.61. The van der Waals surface area contributed by atoms with Crippen LogP contribution in [-0.2, 0) is 0 Å². The van der Waals surface area contributed by atoms with E-state index in [1.165, 1.54) is 0 Å². The summed E-state index contributed by atoms with van der Waals surface area (Å²) in [5, 5.41) is 17.5. The molecule has 10 heteroatoms. The van der Waals surface area contributed by atoms with Crippen LogP contribution in [0.15, 0.2) is 6.07 Å². The van der Waals surface area contributed by atoms with E-state index in [-0.39, 0.29) is 6.07 Å². The van der Waals surface area contributed by atoms with Gasteiger partial charge in [0.2, 0.25) is 0 Å². The lowest BCUT2D eigenvalue weighted by Gasteiger charge is -2.12. The lowest BCUT2D eigenvalue weighted by atomic mass is 10.2. The van der Waals surface area contributed by atoms with E-state index >= 15 is 0 Å². The maximum absolute atomic E-state index is 12.3. The van der Waals surface area contributed by atoms with Crippen molar-refractivity contribution in [1.82, 2.24) is 4.98 Å². The maximum atomic E-state index is 12.3. The summed E-state index contributed by atoms with van der Waals surface area (Å²) in [6.07, 6.45) is -8.73. The Morgan fingerprint density at radius 1 is 1.39 bits per heavy atom. The molecule has 0 saturated heterocycles. The lowest BCUT2D eigenvalue weighted by molar-refractivity contribution is -0.275. The predicted octanol–water partition coefficient (Wildman–Crippen LogP) is 2.32. The molecule has 1 heterocycles. The van der Waals surface area contributed by atoms with Crippen LogP contribution in [0.3, 0.4) is 0 Å². The molecule has 1 aromatic heterocycles. The molecule has 1 aromatic rings. The molecule has 0 aliphatic rings. The van der Waals surface area contributed by atoms with Gasteiger partial charge in [-0.25, -0.2) is 18.6 Å². The van der Waals surface area contributed by atoms with Gasteiger partial charge in [-0.3, -0.25) is 0 Å². The SMILES string of the molecule is O=C(O)c1cc(OC(F)(F)F)c(O)c(C(F)F)n1. The smallest absolute Gasteiger partial charge is 0.503 e. The number of rotatable bonds is 3. The topological polar surface area (TPSA) is 79.7 Å². The Morgan fingerprint density at radius 3 is 2.33 bits per heavy atom. The van der Waals surface area contributed by atoms with Crippen LogP contribution in [0, 0.1) is 0 Å². The molecule has 0 saturated carbocycles. The largest absolute Gasteiger partial charge is 0.573 e. The van der Waals surface area contributed by atoms with Gasteiger partial charge >= 0.3 is 12.3 Å². The number of aromatic carboxylic acids is 1. The van der Waals surface area contributed by atoms with Crippen molar-refractivity contribution in [3.63, 3.8) is 0 Å². The molecule has 0 aromatic carbocycles. The number of alkyl halides is 5. The number of aromatic nitrogens is 1. The van der Waals surface area contributed by atoms with Crippen molar-refractivity contribution < 1.29 is 41.7 Å². The van der Waals surface area contributed by atoms with Gasteiger partial charge in [0, 0.05) is 6.07 Å². The Labute approximate surface area is 95.4 Å². The molecule has 18 heavy (non-hydrogen) atoms. The minimum absolute atomic E-state index is 0.192. The fourth-order valence-corrected chi connectivity index (χ4v) is 0.998. The van der Waals surface area contributed by atoms with Crippen molar-refractivity contribution in [2.24, 2.45) is 0 Å². The maximum Gasteiger partial charge on any atom is 0.573 e. The summed E-state index contributed by atoms with van der Waals surface area (Å²) in [6.45, 7) is 0. The Hall–Kier alpha value is -2.13. The van der Waals surface area contributed by atoms with Crippen molar-refractivity contribution in [2.75, 3.05) is 0 Å². The van der Waals surface area contributed by atoms with E-state index in [0.29, 0.717) is 0 Å². The lowest BCUT2D eigenvalue weighted by Crippen LogP contribution is -2.18. The molecule has 0 spiro atoms. The highest BCUT2D eigenvalue weighted by molar-refractivity contribution is 5.86. The number of carboxylic acids is 1. The summed E-state index contributed by atoms with van der Waals surface area (Å²) in [4.78, 5) is 13.3. The first-order valence-corrected chi connectivity index (χ1v) is 4.13. The number of hydrogen-bond donors (Lipinski definition) is 2. The van der Waals surface area contributed by atoms with Crippen molar-refractivity contribution in [1.29, 1.82) is 0 Å². The summed E-state index contributed by atoms with van der Waals surface area (Å²) in [5.74, 6) is -4.86. The van der Waals surface area contributed by atoms with Crippen LogP contribution in [-0.4, -0.2) is 27.5 Å². The third-order valence-corrected chi connectivity index (χ3v) is 1.64. The standard InChI is InChI=1S/C8H4F5NO4/c9-6(10)4-5(15)3(18-8(11,12)13)1-2(14-4)7(16)17/h1,6,15H,(H,16,17). The Balaban J connectivity index is 3.36. The van der Waals surface area contributed by atoms with Gasteiger partial charge in [0.25, 0.3) is 6.43 Å². The third-order valence-electron chi connectivity index (χ3n) is 1.64. The van der Waals surface area contributed by atoms with E-state index in [0.717, 1.165) is 0 Å². The average Bonchev–Trinajstić information content (AvgIpc) is 2.18. The fourth-order valence-electron chi connectivity index (χ4n) is 0.998. The van der Waals surface area contributed by atoms with E-state index in [9.17, 15) is 26.7 Å². The average molecular weight is 273 g/mol. The van der Waals surface area contributed by atoms with E-state index in [4.69, 9.17) is 10.2 Å². The van der Waals surface area contributed by atoms with E-state index in [2.05, 4.69) is 9.72 Å².